The largest absolute Gasteiger partial charge is 0.375 e. The second-order valence-electron chi connectivity index (χ2n) is 5.83. The second kappa shape index (κ2) is 4.46. The van der Waals surface area contributed by atoms with Crippen molar-refractivity contribution in [2.24, 2.45) is 0 Å². The Bertz CT molecular complexity index is 275. The number of ether oxygens (including phenoxy) is 1. The average molecular weight is 225 g/mol. The zero-order valence-electron chi connectivity index (χ0n) is 10.7. The molecule has 2 unspecified atom stereocenters. The molecular formula is C13H23NO2. The number of likely N-dealkylation sites (tertiary alicyclic amines) is 1. The maximum Gasteiger partial charge on any atom is 0.135 e. The number of Topliss-reactive ketones (excluding diaryl/α,β-unsaturated/α-hetero) is 1. The van der Waals surface area contributed by atoms with E-state index in [1.165, 1.54) is 0 Å². The molecular weight excluding hydrogens is 202 g/mol. The highest BCUT2D eigenvalue weighted by Gasteiger charge is 2.36. The highest BCUT2D eigenvalue weighted by atomic mass is 16.5. The van der Waals surface area contributed by atoms with E-state index < -0.39 is 0 Å². The third kappa shape index (κ3) is 2.64. The van der Waals surface area contributed by atoms with Crippen molar-refractivity contribution in [3.8, 4) is 0 Å². The van der Waals surface area contributed by atoms with Gasteiger partial charge in [0, 0.05) is 38.1 Å². The minimum absolute atomic E-state index is 0.00406. The molecule has 0 spiro atoms. The molecule has 0 aromatic carbocycles. The van der Waals surface area contributed by atoms with Crippen LogP contribution >= 0.6 is 0 Å². The van der Waals surface area contributed by atoms with Crippen LogP contribution in [0.1, 0.15) is 46.5 Å². The van der Waals surface area contributed by atoms with E-state index in [2.05, 4.69) is 25.7 Å². The van der Waals surface area contributed by atoms with Crippen LogP contribution in [0.5, 0.6) is 0 Å². The molecule has 2 atom stereocenters. The first-order chi connectivity index (χ1) is 7.48. The Morgan fingerprint density at radius 3 is 2.81 bits per heavy atom. The van der Waals surface area contributed by atoms with Crippen LogP contribution < -0.4 is 0 Å². The molecule has 0 amide bonds. The molecule has 0 aromatic rings. The van der Waals surface area contributed by atoms with Gasteiger partial charge < -0.3 is 4.74 Å². The fourth-order valence-corrected chi connectivity index (χ4v) is 3.05. The first kappa shape index (κ1) is 12.1. The molecule has 92 valence electrons. The van der Waals surface area contributed by atoms with E-state index in [4.69, 9.17) is 4.74 Å². The molecule has 0 bridgehead atoms. The summed E-state index contributed by atoms with van der Waals surface area (Å²) >= 11 is 0. The lowest BCUT2D eigenvalue weighted by molar-refractivity contribution is -0.126. The average Bonchev–Trinajstić information content (AvgIpc) is 2.15. The van der Waals surface area contributed by atoms with Crippen molar-refractivity contribution in [2.75, 3.05) is 13.2 Å². The minimum Gasteiger partial charge on any atom is -0.375 e. The van der Waals surface area contributed by atoms with Gasteiger partial charge in [0.1, 0.15) is 5.78 Å². The molecule has 0 N–H and O–H groups in total. The van der Waals surface area contributed by atoms with Crippen LogP contribution in [0, 0.1) is 0 Å². The predicted molar refractivity (Wildman–Crippen MR) is 63.5 cm³/mol. The molecule has 2 aliphatic heterocycles. The van der Waals surface area contributed by atoms with E-state index in [1.807, 2.05) is 0 Å². The van der Waals surface area contributed by atoms with Crippen LogP contribution in [0.2, 0.25) is 0 Å². The van der Waals surface area contributed by atoms with E-state index >= 15 is 0 Å². The van der Waals surface area contributed by atoms with Crippen molar-refractivity contribution in [3.63, 3.8) is 0 Å². The summed E-state index contributed by atoms with van der Waals surface area (Å²) in [6.07, 6.45) is 3.67. The highest BCUT2D eigenvalue weighted by molar-refractivity contribution is 5.79. The molecule has 2 aliphatic rings. The number of ketones is 1. The fraction of sp³-hybridized carbons (Fsp3) is 0.923. The van der Waals surface area contributed by atoms with Gasteiger partial charge >= 0.3 is 0 Å². The van der Waals surface area contributed by atoms with Gasteiger partial charge in [0.15, 0.2) is 0 Å². The van der Waals surface area contributed by atoms with Gasteiger partial charge in [0.25, 0.3) is 0 Å². The number of carbonyl (C=O) groups is 1. The predicted octanol–water partition coefficient (Wildman–Crippen LogP) is 2.00. The van der Waals surface area contributed by atoms with Crippen molar-refractivity contribution in [2.45, 2.75) is 64.1 Å². The Hall–Kier alpha value is -0.410. The van der Waals surface area contributed by atoms with Crippen LogP contribution in [0.4, 0.5) is 0 Å². The van der Waals surface area contributed by atoms with E-state index in [1.54, 1.807) is 0 Å². The number of piperidine rings is 1. The summed E-state index contributed by atoms with van der Waals surface area (Å²) in [7, 11) is 0. The van der Waals surface area contributed by atoms with E-state index in [9.17, 15) is 4.79 Å². The van der Waals surface area contributed by atoms with Gasteiger partial charge in [0.2, 0.25) is 0 Å². The summed E-state index contributed by atoms with van der Waals surface area (Å²) in [5, 5.41) is 0. The molecule has 2 heterocycles. The van der Waals surface area contributed by atoms with Gasteiger partial charge in [0.05, 0.1) is 5.60 Å². The molecule has 3 heteroatoms. The Morgan fingerprint density at radius 1 is 1.44 bits per heavy atom. The number of nitrogens with zero attached hydrogens (tertiary/aromatic N) is 1. The van der Waals surface area contributed by atoms with Crippen LogP contribution in [-0.2, 0) is 9.53 Å². The van der Waals surface area contributed by atoms with Crippen molar-refractivity contribution in [1.82, 2.24) is 4.90 Å². The van der Waals surface area contributed by atoms with E-state index in [0.29, 0.717) is 17.9 Å². The first-order valence-corrected chi connectivity index (χ1v) is 6.39. The van der Waals surface area contributed by atoms with Crippen molar-refractivity contribution >= 4 is 5.78 Å². The molecule has 0 aromatic heterocycles. The Kier molecular flexibility index (Phi) is 3.36. The van der Waals surface area contributed by atoms with Gasteiger partial charge in [-0.2, -0.15) is 0 Å². The van der Waals surface area contributed by atoms with Crippen molar-refractivity contribution in [1.29, 1.82) is 0 Å². The van der Waals surface area contributed by atoms with Crippen LogP contribution in [0.15, 0.2) is 0 Å². The second-order valence-corrected chi connectivity index (χ2v) is 5.83. The zero-order valence-corrected chi connectivity index (χ0v) is 10.7. The third-order valence-corrected chi connectivity index (χ3v) is 3.88. The molecule has 3 nitrogen and oxygen atoms in total. The van der Waals surface area contributed by atoms with Crippen LogP contribution in [0.25, 0.3) is 0 Å². The Labute approximate surface area is 98.1 Å². The Balaban J connectivity index is 1.99. The van der Waals surface area contributed by atoms with Crippen LogP contribution in [0.3, 0.4) is 0 Å². The van der Waals surface area contributed by atoms with Gasteiger partial charge in [-0.15, -0.1) is 0 Å². The quantitative estimate of drug-likeness (QED) is 0.683. The van der Waals surface area contributed by atoms with Crippen molar-refractivity contribution < 1.29 is 9.53 Å². The van der Waals surface area contributed by atoms with Crippen molar-refractivity contribution in [3.05, 3.63) is 0 Å². The zero-order chi connectivity index (χ0) is 11.8. The standard InChI is InChI=1S/C13H23NO2/c1-10-8-12(15)4-6-14(10)11-5-7-16-13(2,3)9-11/h10-11H,4-9H2,1-3H3. The Morgan fingerprint density at radius 2 is 2.19 bits per heavy atom. The van der Waals surface area contributed by atoms with E-state index in [-0.39, 0.29) is 5.60 Å². The summed E-state index contributed by atoms with van der Waals surface area (Å²) in [5.74, 6) is 0.426. The van der Waals surface area contributed by atoms with Crippen LogP contribution in [-0.4, -0.2) is 41.5 Å². The SMILES string of the molecule is CC1CC(=O)CCN1C1CCOC(C)(C)C1. The van der Waals surface area contributed by atoms with Gasteiger partial charge in [-0.05, 0) is 33.6 Å². The third-order valence-electron chi connectivity index (χ3n) is 3.88. The summed E-state index contributed by atoms with van der Waals surface area (Å²) in [6, 6.07) is 1.02. The van der Waals surface area contributed by atoms with E-state index in [0.717, 1.165) is 38.8 Å². The van der Waals surface area contributed by atoms with Gasteiger partial charge in [-0.3, -0.25) is 9.69 Å². The maximum atomic E-state index is 11.4. The molecule has 2 fully saturated rings. The summed E-state index contributed by atoms with van der Waals surface area (Å²) in [4.78, 5) is 13.9. The minimum atomic E-state index is 0.00406. The monoisotopic (exact) mass is 225 g/mol. The van der Waals surface area contributed by atoms with Gasteiger partial charge in [-0.25, -0.2) is 0 Å². The summed E-state index contributed by atoms with van der Waals surface area (Å²) in [5.41, 5.74) is 0.00406. The molecule has 0 saturated carbocycles. The normalized spacial score (nSPS) is 36.3. The number of hydrogen-bond donors (Lipinski definition) is 0. The smallest absolute Gasteiger partial charge is 0.135 e. The summed E-state index contributed by atoms with van der Waals surface area (Å²) in [6.45, 7) is 8.31. The summed E-state index contributed by atoms with van der Waals surface area (Å²) < 4.78 is 5.75. The molecule has 16 heavy (non-hydrogen) atoms. The topological polar surface area (TPSA) is 29.5 Å². The first-order valence-electron chi connectivity index (χ1n) is 6.39. The lowest BCUT2D eigenvalue weighted by atomic mass is 9.89. The fourth-order valence-electron chi connectivity index (χ4n) is 3.05. The van der Waals surface area contributed by atoms with Gasteiger partial charge in [-0.1, -0.05) is 0 Å². The number of carbonyl (C=O) groups excluding carboxylic acids is 1. The lowest BCUT2D eigenvalue weighted by Crippen LogP contribution is -2.52. The maximum absolute atomic E-state index is 11.4. The lowest BCUT2D eigenvalue weighted by Gasteiger charge is -2.45. The number of rotatable bonds is 1. The molecule has 0 radical (unpaired) electrons. The highest BCUT2D eigenvalue weighted by Crippen LogP contribution is 2.30. The molecule has 2 rings (SSSR count). The molecule has 0 aliphatic carbocycles. The molecule has 2 saturated heterocycles. The number of hydrogen-bond acceptors (Lipinski definition) is 3.